The monoisotopic (exact) mass is 367 g/mol. The summed E-state index contributed by atoms with van der Waals surface area (Å²) in [6.45, 7) is 17.6. The topological polar surface area (TPSA) is 0 Å². The largest absolute Gasteiger partial charge is 0.176 e. The third-order valence-corrected chi connectivity index (χ3v) is 5.31. The van der Waals surface area contributed by atoms with Crippen LogP contribution in [0.15, 0.2) is 0 Å². The van der Waals surface area contributed by atoms with Crippen molar-refractivity contribution in [2.45, 2.75) is 61.8 Å². The third-order valence-electron chi connectivity index (χ3n) is 5.31. The Morgan fingerprint density at radius 2 is 0.818 bits per heavy atom. The van der Waals surface area contributed by atoms with Crippen molar-refractivity contribution < 1.29 is 32.7 Å². The molecule has 0 fully saturated rings. The quantitative estimate of drug-likeness (QED) is 0.629. The summed E-state index contributed by atoms with van der Waals surface area (Å²) in [4.78, 5) is 0. The zero-order valence-electron chi connectivity index (χ0n) is 15.3. The van der Waals surface area contributed by atoms with Crippen LogP contribution in [-0.2, 0) is 39.1 Å². The molecule has 2 aromatic rings. The van der Waals surface area contributed by atoms with Gasteiger partial charge in [-0.1, -0.05) is 55.4 Å². The Balaban J connectivity index is 0.00000242. The van der Waals surface area contributed by atoms with Crippen LogP contribution >= 0.6 is 0 Å². The molecule has 1 heteroatoms. The van der Waals surface area contributed by atoms with Crippen LogP contribution in [0.1, 0.15) is 55.6 Å². The van der Waals surface area contributed by atoms with Crippen molar-refractivity contribution >= 4 is 0 Å². The first kappa shape index (κ1) is 19.6. The summed E-state index contributed by atoms with van der Waals surface area (Å²) in [5.41, 5.74) is 13.5. The molecule has 0 bridgehead atoms. The van der Waals surface area contributed by atoms with Gasteiger partial charge in [-0.05, 0) is 6.42 Å². The van der Waals surface area contributed by atoms with Crippen molar-refractivity contribution in [1.82, 2.24) is 0 Å². The molecule has 0 aliphatic carbocycles. The number of hydrogen-bond acceptors (Lipinski definition) is 0. The summed E-state index contributed by atoms with van der Waals surface area (Å²) in [5.74, 6) is 0. The summed E-state index contributed by atoms with van der Waals surface area (Å²) in [6, 6.07) is 7.19. The van der Waals surface area contributed by atoms with E-state index in [1.807, 2.05) is 0 Å². The molecule has 0 nitrogen and oxygen atoms in total. The second-order valence-electron chi connectivity index (χ2n) is 6.38. The van der Waals surface area contributed by atoms with Gasteiger partial charge in [0.2, 0.25) is 0 Å². The second-order valence-corrected chi connectivity index (χ2v) is 6.38. The van der Waals surface area contributed by atoms with Gasteiger partial charge < -0.3 is 0 Å². The zero-order chi connectivity index (χ0) is 15.9. The molecular formula is C21H26Y-2. The summed E-state index contributed by atoms with van der Waals surface area (Å²) >= 11 is 0. The standard InChI is InChI=1S/C21H26.Y/c1-12-9-20(18(7)16(5)14(12)3)11-21-10-13(2)15(4)17(6)19(21)8;/h11H2,1-8H3;/q-2;. The molecule has 0 aliphatic heterocycles. The van der Waals surface area contributed by atoms with Crippen molar-refractivity contribution in [2.24, 2.45) is 0 Å². The Hall–Kier alpha value is -0.456. The van der Waals surface area contributed by atoms with E-state index in [4.69, 9.17) is 0 Å². The number of rotatable bonds is 2. The summed E-state index contributed by atoms with van der Waals surface area (Å²) < 4.78 is 0. The maximum absolute atomic E-state index is 3.59. The molecular weight excluding hydrogens is 341 g/mol. The van der Waals surface area contributed by atoms with Crippen LogP contribution in [0.3, 0.4) is 0 Å². The molecule has 0 spiro atoms. The van der Waals surface area contributed by atoms with Crippen molar-refractivity contribution in [1.29, 1.82) is 0 Å². The maximum atomic E-state index is 3.59. The van der Waals surface area contributed by atoms with E-state index in [-0.39, 0.29) is 32.7 Å². The molecule has 0 atom stereocenters. The molecule has 0 saturated heterocycles. The SMILES string of the molecule is Cc1[c-]c(Cc2[c-]c(C)c(C)c(C)c2C)c(C)c(C)c1C.[Y]. The first-order valence-electron chi connectivity index (χ1n) is 7.71. The van der Waals surface area contributed by atoms with Gasteiger partial charge >= 0.3 is 0 Å². The maximum Gasteiger partial charge on any atom is 0 e. The van der Waals surface area contributed by atoms with Gasteiger partial charge in [0.25, 0.3) is 0 Å². The Labute approximate surface area is 161 Å². The van der Waals surface area contributed by atoms with E-state index < -0.39 is 0 Å². The molecule has 0 amide bonds. The predicted octanol–water partition coefficient (Wildman–Crippen LogP) is 5.34. The minimum absolute atomic E-state index is 0. The van der Waals surface area contributed by atoms with Crippen molar-refractivity contribution in [3.8, 4) is 0 Å². The molecule has 115 valence electrons. The smallest absolute Gasteiger partial charge is 0 e. The fraction of sp³-hybridized carbons (Fsp3) is 0.429. The van der Waals surface area contributed by atoms with Gasteiger partial charge in [0.1, 0.15) is 0 Å². The number of aryl methyl sites for hydroxylation is 2. The molecule has 22 heavy (non-hydrogen) atoms. The summed E-state index contributed by atoms with van der Waals surface area (Å²) in [5, 5.41) is 0. The van der Waals surface area contributed by atoms with E-state index in [1.165, 1.54) is 55.6 Å². The average Bonchev–Trinajstić information content (AvgIpc) is 2.45. The van der Waals surface area contributed by atoms with Crippen molar-refractivity contribution in [3.63, 3.8) is 0 Å². The molecule has 1 radical (unpaired) electrons. The van der Waals surface area contributed by atoms with Gasteiger partial charge in [-0.3, -0.25) is 0 Å². The molecule has 2 rings (SSSR count). The van der Waals surface area contributed by atoms with Crippen molar-refractivity contribution in [2.75, 3.05) is 0 Å². The zero-order valence-corrected chi connectivity index (χ0v) is 18.1. The van der Waals surface area contributed by atoms with E-state index >= 15 is 0 Å². The predicted molar refractivity (Wildman–Crippen MR) is 91.3 cm³/mol. The van der Waals surface area contributed by atoms with Crippen LogP contribution < -0.4 is 0 Å². The normalized spacial score (nSPS) is 10.5. The molecule has 0 heterocycles. The van der Waals surface area contributed by atoms with Gasteiger partial charge in [-0.25, -0.2) is 0 Å². The first-order chi connectivity index (χ1) is 9.73. The molecule has 0 aromatic heterocycles. The fourth-order valence-corrected chi connectivity index (χ4v) is 2.94. The average molecular weight is 367 g/mol. The Bertz CT molecular complexity index is 647. The van der Waals surface area contributed by atoms with E-state index in [0.29, 0.717) is 0 Å². The third kappa shape index (κ3) is 3.54. The summed E-state index contributed by atoms with van der Waals surface area (Å²) in [7, 11) is 0. The van der Waals surface area contributed by atoms with Crippen LogP contribution in [0.2, 0.25) is 0 Å². The minimum Gasteiger partial charge on any atom is -0.176 e. The van der Waals surface area contributed by atoms with Crippen molar-refractivity contribution in [3.05, 3.63) is 67.8 Å². The van der Waals surface area contributed by atoms with E-state index in [1.54, 1.807) is 0 Å². The van der Waals surface area contributed by atoms with E-state index in [2.05, 4.69) is 67.5 Å². The van der Waals surface area contributed by atoms with Crippen LogP contribution in [0, 0.1) is 67.5 Å². The van der Waals surface area contributed by atoms with Crippen LogP contribution in [0.4, 0.5) is 0 Å². The number of hydrogen-bond donors (Lipinski definition) is 0. The van der Waals surface area contributed by atoms with Crippen LogP contribution in [0.25, 0.3) is 0 Å². The Morgan fingerprint density at radius 3 is 1.14 bits per heavy atom. The first-order valence-corrected chi connectivity index (χ1v) is 7.71. The Morgan fingerprint density at radius 1 is 0.500 bits per heavy atom. The molecule has 0 saturated carbocycles. The minimum atomic E-state index is 0. The van der Waals surface area contributed by atoms with E-state index in [9.17, 15) is 0 Å². The second kappa shape index (κ2) is 7.41. The van der Waals surface area contributed by atoms with Crippen LogP contribution in [0.5, 0.6) is 0 Å². The fourth-order valence-electron chi connectivity index (χ4n) is 2.94. The van der Waals surface area contributed by atoms with Gasteiger partial charge in [0.05, 0.1) is 0 Å². The van der Waals surface area contributed by atoms with Crippen LogP contribution in [-0.4, -0.2) is 0 Å². The van der Waals surface area contributed by atoms with Gasteiger partial charge in [-0.15, -0.1) is 0 Å². The van der Waals surface area contributed by atoms with Gasteiger partial charge in [-0.2, -0.15) is 67.8 Å². The molecule has 0 aliphatic rings. The Kier molecular flexibility index (Phi) is 6.60. The molecule has 0 unspecified atom stereocenters. The van der Waals surface area contributed by atoms with Gasteiger partial charge in [0, 0.05) is 32.7 Å². The van der Waals surface area contributed by atoms with Gasteiger partial charge in [0.15, 0.2) is 0 Å². The van der Waals surface area contributed by atoms with E-state index in [0.717, 1.165) is 6.42 Å². The summed E-state index contributed by atoms with van der Waals surface area (Å²) in [6.07, 6.45) is 0.932. The number of benzene rings is 2. The molecule has 0 N–H and O–H groups in total. The molecule has 2 aromatic carbocycles.